The first-order valence-electron chi connectivity index (χ1n) is 10.1. The minimum absolute atomic E-state index is 0.0227. The highest BCUT2D eigenvalue weighted by Gasteiger charge is 2.35. The van der Waals surface area contributed by atoms with Crippen molar-refractivity contribution in [3.63, 3.8) is 0 Å². The summed E-state index contributed by atoms with van der Waals surface area (Å²) in [6.45, 7) is 4.36. The summed E-state index contributed by atoms with van der Waals surface area (Å²) in [5.74, 6) is 1.16. The second-order valence-electron chi connectivity index (χ2n) is 7.76. The van der Waals surface area contributed by atoms with Gasteiger partial charge < -0.3 is 19.5 Å². The lowest BCUT2D eigenvalue weighted by molar-refractivity contribution is -0.129. The molecule has 1 aliphatic rings. The van der Waals surface area contributed by atoms with Gasteiger partial charge in [0.05, 0.1) is 13.0 Å². The average Bonchev–Trinajstić information content (AvgIpc) is 3.42. The van der Waals surface area contributed by atoms with Crippen molar-refractivity contribution in [2.24, 2.45) is 5.92 Å². The first kappa shape index (κ1) is 20.6. The highest BCUT2D eigenvalue weighted by Crippen LogP contribution is 2.26. The Morgan fingerprint density at radius 2 is 1.81 bits per heavy atom. The monoisotopic (exact) mass is 420 g/mol. The van der Waals surface area contributed by atoms with E-state index in [4.69, 9.17) is 9.26 Å². The van der Waals surface area contributed by atoms with E-state index in [1.807, 2.05) is 38.1 Å². The number of aromatic nitrogens is 2. The molecular weight excluding hydrogens is 396 g/mol. The van der Waals surface area contributed by atoms with E-state index in [0.29, 0.717) is 23.9 Å². The van der Waals surface area contributed by atoms with Gasteiger partial charge in [-0.15, -0.1) is 0 Å². The molecule has 1 N–H and O–H groups in total. The van der Waals surface area contributed by atoms with Crippen LogP contribution in [0.15, 0.2) is 53.1 Å². The fourth-order valence-electron chi connectivity index (χ4n) is 3.54. The van der Waals surface area contributed by atoms with Gasteiger partial charge in [0.2, 0.25) is 17.6 Å². The standard InChI is InChI=1S/C23H24N4O4/c1-14(2)27-13-17(12-20(27)28)22(29)24-18-8-4-16(5-9-18)23-25-21(26-31-23)15-6-10-19(30-3)11-7-15/h4-11,14,17H,12-13H2,1-3H3,(H,24,29)/t17-/m0/s1. The van der Waals surface area contributed by atoms with Crippen molar-refractivity contribution in [3.8, 4) is 28.6 Å². The summed E-state index contributed by atoms with van der Waals surface area (Å²) in [6, 6.07) is 14.7. The van der Waals surface area contributed by atoms with Crippen LogP contribution in [0.25, 0.3) is 22.8 Å². The van der Waals surface area contributed by atoms with E-state index in [-0.39, 0.29) is 30.2 Å². The minimum Gasteiger partial charge on any atom is -0.497 e. The zero-order chi connectivity index (χ0) is 22.0. The highest BCUT2D eigenvalue weighted by atomic mass is 16.5. The molecule has 8 nitrogen and oxygen atoms in total. The lowest BCUT2D eigenvalue weighted by Gasteiger charge is -2.20. The number of hydrogen-bond donors (Lipinski definition) is 1. The Morgan fingerprint density at radius 1 is 1.13 bits per heavy atom. The molecule has 0 aliphatic carbocycles. The third-order valence-electron chi connectivity index (χ3n) is 5.33. The smallest absolute Gasteiger partial charge is 0.258 e. The number of likely N-dealkylation sites (tertiary alicyclic amines) is 1. The minimum atomic E-state index is -0.336. The van der Waals surface area contributed by atoms with Gasteiger partial charge in [0.1, 0.15) is 5.75 Å². The number of benzene rings is 2. The van der Waals surface area contributed by atoms with Gasteiger partial charge in [-0.2, -0.15) is 4.98 Å². The van der Waals surface area contributed by atoms with Gasteiger partial charge in [-0.25, -0.2) is 0 Å². The van der Waals surface area contributed by atoms with Crippen molar-refractivity contribution in [2.45, 2.75) is 26.3 Å². The molecule has 2 amide bonds. The van der Waals surface area contributed by atoms with E-state index in [1.54, 1.807) is 36.3 Å². The summed E-state index contributed by atoms with van der Waals surface area (Å²) in [4.78, 5) is 30.8. The maximum Gasteiger partial charge on any atom is 0.258 e. The lowest BCUT2D eigenvalue weighted by atomic mass is 10.1. The maximum atomic E-state index is 12.5. The number of amides is 2. The topological polar surface area (TPSA) is 97.6 Å². The molecule has 1 atom stereocenters. The number of carbonyl (C=O) groups is 2. The number of ether oxygens (including phenoxy) is 1. The molecule has 3 aromatic rings. The highest BCUT2D eigenvalue weighted by molar-refractivity contribution is 5.97. The van der Waals surface area contributed by atoms with Crippen LogP contribution in [0.5, 0.6) is 5.75 Å². The van der Waals surface area contributed by atoms with E-state index in [0.717, 1.165) is 16.9 Å². The van der Waals surface area contributed by atoms with Crippen molar-refractivity contribution in [2.75, 3.05) is 19.0 Å². The summed E-state index contributed by atoms with van der Waals surface area (Å²) in [5, 5.41) is 6.92. The molecule has 8 heteroatoms. The van der Waals surface area contributed by atoms with Crippen LogP contribution in [0.1, 0.15) is 20.3 Å². The molecule has 31 heavy (non-hydrogen) atoms. The number of nitrogens with one attached hydrogen (secondary N) is 1. The van der Waals surface area contributed by atoms with Gasteiger partial charge >= 0.3 is 0 Å². The lowest BCUT2D eigenvalue weighted by Crippen LogP contribution is -2.33. The number of rotatable bonds is 6. The third kappa shape index (κ3) is 4.42. The summed E-state index contributed by atoms with van der Waals surface area (Å²) in [7, 11) is 1.61. The molecule has 2 aromatic carbocycles. The van der Waals surface area contributed by atoms with Crippen molar-refractivity contribution >= 4 is 17.5 Å². The van der Waals surface area contributed by atoms with Crippen LogP contribution in [0, 0.1) is 5.92 Å². The molecule has 1 fully saturated rings. The number of nitrogens with zero attached hydrogens (tertiary/aromatic N) is 3. The molecule has 1 aromatic heterocycles. The summed E-state index contributed by atoms with van der Waals surface area (Å²) in [6.07, 6.45) is 0.248. The van der Waals surface area contributed by atoms with Crippen LogP contribution < -0.4 is 10.1 Å². The Hall–Kier alpha value is -3.68. The second-order valence-corrected chi connectivity index (χ2v) is 7.76. The van der Waals surface area contributed by atoms with Crippen LogP contribution in [0.4, 0.5) is 5.69 Å². The summed E-state index contributed by atoms with van der Waals surface area (Å²) < 4.78 is 10.5. The molecule has 4 rings (SSSR count). The number of methoxy groups -OCH3 is 1. The van der Waals surface area contributed by atoms with Gasteiger partial charge in [0, 0.05) is 35.8 Å². The molecule has 1 aliphatic heterocycles. The fourth-order valence-corrected chi connectivity index (χ4v) is 3.54. The molecule has 0 radical (unpaired) electrons. The molecule has 2 heterocycles. The number of anilines is 1. The summed E-state index contributed by atoms with van der Waals surface area (Å²) in [5.41, 5.74) is 2.22. The van der Waals surface area contributed by atoms with Gasteiger partial charge in [0.15, 0.2) is 0 Å². The fraction of sp³-hybridized carbons (Fsp3) is 0.304. The van der Waals surface area contributed by atoms with Crippen molar-refractivity contribution in [1.82, 2.24) is 15.0 Å². The Balaban J connectivity index is 1.41. The molecular formula is C23H24N4O4. The van der Waals surface area contributed by atoms with Crippen molar-refractivity contribution in [3.05, 3.63) is 48.5 Å². The SMILES string of the molecule is COc1ccc(-c2noc(-c3ccc(NC(=O)[C@H]4CC(=O)N(C(C)C)C4)cc3)n2)cc1. The Kier molecular flexibility index (Phi) is 5.70. The molecule has 1 saturated heterocycles. The molecule has 0 unspecified atom stereocenters. The van der Waals surface area contributed by atoms with Gasteiger partial charge in [0.25, 0.3) is 5.89 Å². The normalized spacial score (nSPS) is 16.1. The largest absolute Gasteiger partial charge is 0.497 e. The van der Waals surface area contributed by atoms with E-state index in [9.17, 15) is 9.59 Å². The van der Waals surface area contributed by atoms with E-state index in [2.05, 4.69) is 15.5 Å². The molecule has 0 saturated carbocycles. The van der Waals surface area contributed by atoms with Crippen LogP contribution >= 0.6 is 0 Å². The average molecular weight is 420 g/mol. The predicted octanol–water partition coefficient (Wildman–Crippen LogP) is 3.61. The zero-order valence-electron chi connectivity index (χ0n) is 17.7. The van der Waals surface area contributed by atoms with Crippen molar-refractivity contribution < 1.29 is 18.8 Å². The number of carbonyl (C=O) groups excluding carboxylic acids is 2. The second kappa shape index (κ2) is 8.59. The Bertz CT molecular complexity index is 1070. The van der Waals surface area contributed by atoms with Crippen LogP contribution in [0.3, 0.4) is 0 Å². The van der Waals surface area contributed by atoms with E-state index in [1.165, 1.54) is 0 Å². The van der Waals surface area contributed by atoms with E-state index < -0.39 is 0 Å². The maximum absolute atomic E-state index is 12.5. The molecule has 0 bridgehead atoms. The first-order chi connectivity index (χ1) is 14.9. The quantitative estimate of drug-likeness (QED) is 0.654. The molecule has 160 valence electrons. The zero-order valence-corrected chi connectivity index (χ0v) is 17.7. The van der Waals surface area contributed by atoms with Crippen LogP contribution in [-0.4, -0.2) is 46.6 Å². The van der Waals surface area contributed by atoms with Crippen LogP contribution in [-0.2, 0) is 9.59 Å². The van der Waals surface area contributed by atoms with Gasteiger partial charge in [-0.05, 0) is 62.4 Å². The Morgan fingerprint density at radius 3 is 2.42 bits per heavy atom. The number of hydrogen-bond acceptors (Lipinski definition) is 6. The Labute approximate surface area is 180 Å². The van der Waals surface area contributed by atoms with Crippen molar-refractivity contribution in [1.29, 1.82) is 0 Å². The van der Waals surface area contributed by atoms with E-state index >= 15 is 0 Å². The molecule has 0 spiro atoms. The van der Waals surface area contributed by atoms with Gasteiger partial charge in [-0.1, -0.05) is 5.16 Å². The van der Waals surface area contributed by atoms with Gasteiger partial charge in [-0.3, -0.25) is 9.59 Å². The first-order valence-corrected chi connectivity index (χ1v) is 10.1. The predicted molar refractivity (Wildman–Crippen MR) is 115 cm³/mol. The summed E-state index contributed by atoms with van der Waals surface area (Å²) >= 11 is 0. The third-order valence-corrected chi connectivity index (χ3v) is 5.33. The van der Waals surface area contributed by atoms with Crippen LogP contribution in [0.2, 0.25) is 0 Å².